The smallest absolute Gasteiger partial charge is 0.125 e. The van der Waals surface area contributed by atoms with Crippen LogP contribution in [0.2, 0.25) is 0 Å². The molecule has 1 rings (SSSR count). The molecule has 0 amide bonds. The maximum absolute atomic E-state index is 10.5. The van der Waals surface area contributed by atoms with Crippen LogP contribution in [0.25, 0.3) is 0 Å². The third kappa shape index (κ3) is 2.38. The normalized spacial score (nSPS) is 12.3. The van der Waals surface area contributed by atoms with E-state index >= 15 is 0 Å². The van der Waals surface area contributed by atoms with Crippen molar-refractivity contribution in [3.8, 4) is 5.75 Å². The maximum Gasteiger partial charge on any atom is 0.125 e. The molecule has 0 saturated carbocycles. The molecule has 0 N–H and O–H groups in total. The first kappa shape index (κ1) is 11.8. The quantitative estimate of drug-likeness (QED) is 0.708. The Hall–Kier alpha value is -1.31. The highest BCUT2D eigenvalue weighted by Gasteiger charge is 2.15. The Kier molecular flexibility index (Phi) is 3.89. The van der Waals surface area contributed by atoms with Gasteiger partial charge in [-0.2, -0.15) is 0 Å². The maximum atomic E-state index is 10.5. The average Bonchev–Trinajstić information content (AvgIpc) is 2.21. The average molecular weight is 206 g/mol. The molecule has 0 aliphatic rings. The number of carbonyl (C=O) groups is 1. The lowest BCUT2D eigenvalue weighted by Crippen LogP contribution is -2.02. The van der Waals surface area contributed by atoms with E-state index in [1.165, 1.54) is 5.56 Å². The molecule has 0 bridgehead atoms. The van der Waals surface area contributed by atoms with Gasteiger partial charge in [0.1, 0.15) is 12.0 Å². The van der Waals surface area contributed by atoms with Crippen molar-refractivity contribution < 1.29 is 9.53 Å². The predicted octanol–water partition coefficient (Wildman–Crippen LogP) is 3.00. The molecular weight excluding hydrogens is 188 g/mol. The predicted molar refractivity (Wildman–Crippen MR) is 61.6 cm³/mol. The molecule has 15 heavy (non-hydrogen) atoms. The molecule has 0 aliphatic heterocycles. The van der Waals surface area contributed by atoms with Crippen molar-refractivity contribution in [1.82, 2.24) is 0 Å². The molecule has 0 radical (unpaired) electrons. The van der Waals surface area contributed by atoms with Crippen molar-refractivity contribution in [2.24, 2.45) is 0 Å². The lowest BCUT2D eigenvalue weighted by atomic mass is 9.91. The van der Waals surface area contributed by atoms with Crippen molar-refractivity contribution in [2.75, 3.05) is 7.11 Å². The van der Waals surface area contributed by atoms with Crippen LogP contribution >= 0.6 is 0 Å². The van der Waals surface area contributed by atoms with Crippen LogP contribution in [0.4, 0.5) is 0 Å². The summed E-state index contributed by atoms with van der Waals surface area (Å²) in [4.78, 5) is 10.5. The van der Waals surface area contributed by atoms with E-state index in [0.717, 1.165) is 23.2 Å². The molecule has 1 aromatic carbocycles. The molecule has 2 nitrogen and oxygen atoms in total. The molecule has 0 aromatic heterocycles. The lowest BCUT2D eigenvalue weighted by molar-refractivity contribution is -0.108. The first-order valence-corrected chi connectivity index (χ1v) is 5.19. The van der Waals surface area contributed by atoms with Crippen molar-refractivity contribution in [2.45, 2.75) is 33.1 Å². The Morgan fingerprint density at radius 1 is 1.33 bits per heavy atom. The van der Waals surface area contributed by atoms with Crippen LogP contribution in [0, 0.1) is 13.8 Å². The summed E-state index contributed by atoms with van der Waals surface area (Å²) in [5.41, 5.74) is 3.47. The van der Waals surface area contributed by atoms with Gasteiger partial charge in [0.25, 0.3) is 0 Å². The van der Waals surface area contributed by atoms with E-state index in [1.807, 2.05) is 13.0 Å². The molecule has 1 unspecified atom stereocenters. The van der Waals surface area contributed by atoms with Crippen molar-refractivity contribution >= 4 is 6.29 Å². The van der Waals surface area contributed by atoms with Gasteiger partial charge in [-0.1, -0.05) is 19.1 Å². The van der Waals surface area contributed by atoms with E-state index in [0.29, 0.717) is 6.42 Å². The minimum Gasteiger partial charge on any atom is -0.496 e. The van der Waals surface area contributed by atoms with Crippen LogP contribution in [0.5, 0.6) is 5.75 Å². The highest BCUT2D eigenvalue weighted by molar-refractivity contribution is 5.55. The molecule has 0 spiro atoms. The summed E-state index contributed by atoms with van der Waals surface area (Å²) in [6, 6.07) is 4.12. The van der Waals surface area contributed by atoms with Crippen LogP contribution in [-0.4, -0.2) is 13.4 Å². The van der Waals surface area contributed by atoms with E-state index in [9.17, 15) is 4.79 Å². The van der Waals surface area contributed by atoms with Gasteiger partial charge in [-0.3, -0.25) is 0 Å². The first-order chi connectivity index (χ1) is 7.11. The zero-order valence-electron chi connectivity index (χ0n) is 9.83. The fourth-order valence-electron chi connectivity index (χ4n) is 1.95. The Balaban J connectivity index is 3.23. The number of aldehydes is 1. The van der Waals surface area contributed by atoms with Gasteiger partial charge in [0.15, 0.2) is 0 Å². The Labute approximate surface area is 91.3 Å². The van der Waals surface area contributed by atoms with E-state index < -0.39 is 0 Å². The van der Waals surface area contributed by atoms with E-state index in [2.05, 4.69) is 19.9 Å². The van der Waals surface area contributed by atoms with Crippen molar-refractivity contribution in [3.05, 3.63) is 28.8 Å². The summed E-state index contributed by atoms with van der Waals surface area (Å²) in [5.74, 6) is 1.14. The Morgan fingerprint density at radius 2 is 1.93 bits per heavy atom. The van der Waals surface area contributed by atoms with Gasteiger partial charge in [-0.05, 0) is 30.9 Å². The van der Waals surface area contributed by atoms with Gasteiger partial charge in [-0.15, -0.1) is 0 Å². The highest BCUT2D eigenvalue weighted by Crippen LogP contribution is 2.33. The molecule has 0 heterocycles. The van der Waals surface area contributed by atoms with Gasteiger partial charge in [0.2, 0.25) is 0 Å². The zero-order valence-corrected chi connectivity index (χ0v) is 9.83. The third-order valence-electron chi connectivity index (χ3n) is 2.76. The van der Waals surface area contributed by atoms with E-state index in [1.54, 1.807) is 7.11 Å². The van der Waals surface area contributed by atoms with Crippen LogP contribution in [0.3, 0.4) is 0 Å². The third-order valence-corrected chi connectivity index (χ3v) is 2.76. The second kappa shape index (κ2) is 4.96. The fraction of sp³-hybridized carbons (Fsp3) is 0.462. The Bertz CT molecular complexity index is 356. The Morgan fingerprint density at radius 3 is 2.47 bits per heavy atom. The van der Waals surface area contributed by atoms with Crippen LogP contribution in [0.1, 0.15) is 36.0 Å². The summed E-state index contributed by atoms with van der Waals surface area (Å²) in [6.07, 6.45) is 1.51. The molecule has 2 heteroatoms. The molecular formula is C13H18O2. The SMILES string of the molecule is COc1c(C)ccc(C)c1C(C)CC=O. The van der Waals surface area contributed by atoms with Gasteiger partial charge in [0.05, 0.1) is 7.11 Å². The molecule has 0 saturated heterocycles. The first-order valence-electron chi connectivity index (χ1n) is 5.19. The topological polar surface area (TPSA) is 26.3 Å². The van der Waals surface area contributed by atoms with Gasteiger partial charge < -0.3 is 9.53 Å². The number of benzene rings is 1. The largest absolute Gasteiger partial charge is 0.496 e. The molecule has 0 aliphatic carbocycles. The van der Waals surface area contributed by atoms with Gasteiger partial charge in [0, 0.05) is 12.0 Å². The molecule has 82 valence electrons. The van der Waals surface area contributed by atoms with Crippen molar-refractivity contribution in [1.29, 1.82) is 0 Å². The van der Waals surface area contributed by atoms with Crippen LogP contribution < -0.4 is 4.74 Å². The summed E-state index contributed by atoms with van der Waals surface area (Å²) >= 11 is 0. The summed E-state index contributed by atoms with van der Waals surface area (Å²) in [5, 5.41) is 0. The monoisotopic (exact) mass is 206 g/mol. The summed E-state index contributed by atoms with van der Waals surface area (Å²) in [7, 11) is 1.68. The summed E-state index contributed by atoms with van der Waals surface area (Å²) < 4.78 is 5.41. The molecule has 0 fully saturated rings. The second-order valence-electron chi connectivity index (χ2n) is 3.95. The molecule has 1 atom stereocenters. The highest BCUT2D eigenvalue weighted by atomic mass is 16.5. The number of aryl methyl sites for hydroxylation is 2. The zero-order chi connectivity index (χ0) is 11.4. The second-order valence-corrected chi connectivity index (χ2v) is 3.95. The number of carbonyl (C=O) groups excluding carboxylic acids is 1. The van der Waals surface area contributed by atoms with Gasteiger partial charge in [-0.25, -0.2) is 0 Å². The number of rotatable bonds is 4. The summed E-state index contributed by atoms with van der Waals surface area (Å²) in [6.45, 7) is 6.13. The number of hydrogen-bond acceptors (Lipinski definition) is 2. The number of ether oxygens (including phenoxy) is 1. The van der Waals surface area contributed by atoms with Crippen molar-refractivity contribution in [3.63, 3.8) is 0 Å². The van der Waals surface area contributed by atoms with E-state index in [4.69, 9.17) is 4.74 Å². The number of methoxy groups -OCH3 is 1. The number of hydrogen-bond donors (Lipinski definition) is 0. The fourth-order valence-corrected chi connectivity index (χ4v) is 1.95. The van der Waals surface area contributed by atoms with Crippen LogP contribution in [-0.2, 0) is 4.79 Å². The standard InChI is InChI=1S/C13H18O2/c1-9-5-6-11(3)13(15-4)12(9)10(2)7-8-14/h5-6,8,10H,7H2,1-4H3. The van der Waals surface area contributed by atoms with Gasteiger partial charge >= 0.3 is 0 Å². The van der Waals surface area contributed by atoms with E-state index in [-0.39, 0.29) is 5.92 Å². The lowest BCUT2D eigenvalue weighted by Gasteiger charge is -2.18. The minimum absolute atomic E-state index is 0.220. The molecule has 1 aromatic rings. The van der Waals surface area contributed by atoms with Crippen LogP contribution in [0.15, 0.2) is 12.1 Å². The minimum atomic E-state index is 0.220.